The summed E-state index contributed by atoms with van der Waals surface area (Å²) in [4.78, 5) is 43.0. The predicted molar refractivity (Wildman–Crippen MR) is 176 cm³/mol. The Morgan fingerprint density at radius 1 is 1.07 bits per heavy atom. The van der Waals surface area contributed by atoms with Gasteiger partial charge in [0.25, 0.3) is 5.56 Å². The number of aromatic nitrogens is 3. The van der Waals surface area contributed by atoms with Crippen molar-refractivity contribution >= 4 is 28.3 Å². The van der Waals surface area contributed by atoms with E-state index >= 15 is 13.6 Å². The van der Waals surface area contributed by atoms with Crippen molar-refractivity contribution in [1.82, 2.24) is 19.4 Å². The molecule has 1 saturated heterocycles. The highest BCUT2D eigenvalue weighted by atomic mass is 19.1. The fourth-order valence-corrected chi connectivity index (χ4v) is 6.90. The number of carbonyl (C=O) groups excluding carboxylic acids is 1. The number of pyridine rings is 3. The summed E-state index contributed by atoms with van der Waals surface area (Å²) in [7, 11) is 0. The third kappa shape index (κ3) is 4.80. The molecule has 2 unspecified atom stereocenters. The van der Waals surface area contributed by atoms with Gasteiger partial charge in [0, 0.05) is 43.3 Å². The number of aryl methyl sites for hydroxylation is 1. The van der Waals surface area contributed by atoms with Crippen molar-refractivity contribution in [1.29, 1.82) is 0 Å². The first-order valence-corrected chi connectivity index (χ1v) is 15.5. The Balaban J connectivity index is 1.76. The lowest BCUT2D eigenvalue weighted by atomic mass is 9.97. The van der Waals surface area contributed by atoms with Crippen LogP contribution in [-0.2, 0) is 4.79 Å². The quantitative estimate of drug-likeness (QED) is 0.284. The summed E-state index contributed by atoms with van der Waals surface area (Å²) in [5.41, 5.74) is 1.80. The highest BCUT2D eigenvalue weighted by molar-refractivity contribution is 6.00. The Morgan fingerprint density at radius 2 is 1.80 bits per heavy atom. The van der Waals surface area contributed by atoms with Gasteiger partial charge in [-0.2, -0.15) is 0 Å². The van der Waals surface area contributed by atoms with Crippen LogP contribution in [0.2, 0.25) is 0 Å². The number of rotatable bonds is 5. The topological polar surface area (TPSA) is 94.8 Å². The van der Waals surface area contributed by atoms with Gasteiger partial charge in [-0.15, -0.1) is 0 Å². The Kier molecular flexibility index (Phi) is 7.82. The van der Waals surface area contributed by atoms with E-state index in [0.717, 1.165) is 11.6 Å². The van der Waals surface area contributed by atoms with Crippen molar-refractivity contribution in [3.8, 4) is 22.7 Å². The van der Waals surface area contributed by atoms with Crippen LogP contribution in [-0.4, -0.2) is 68.2 Å². The number of fused-ring (bicyclic) bond motifs is 5. The Bertz CT molecular complexity index is 1940. The molecule has 0 bridgehead atoms. The van der Waals surface area contributed by atoms with E-state index in [2.05, 4.69) is 21.4 Å². The molecule has 46 heavy (non-hydrogen) atoms. The van der Waals surface area contributed by atoms with Crippen LogP contribution in [0, 0.1) is 18.6 Å². The molecule has 240 valence electrons. The average Bonchev–Trinajstić information content (AvgIpc) is 3.00. The maximum absolute atomic E-state index is 16.3. The molecule has 3 aromatic heterocycles. The van der Waals surface area contributed by atoms with E-state index < -0.39 is 28.6 Å². The number of aromatic hydroxyl groups is 1. The standard InChI is InChI=1S/C35H38F2N6O3/c1-8-27(45)41-17-22-16-40(19(4)5)33-32(42(22)15-21(41)7)23-14-25(37)30(28-24(36)10-9-11-26(28)44)39-34(23)43(35(33)46)31-20(6)12-13-38-29(31)18(2)3/h8-14,18-19,21-22,44H,1,15-17H2,2-7H3. The summed E-state index contributed by atoms with van der Waals surface area (Å²) in [6.07, 6.45) is 2.99. The average molecular weight is 629 g/mol. The number of phenols is 1. The number of carbonyl (C=O) groups is 1. The monoisotopic (exact) mass is 628 g/mol. The molecule has 0 aliphatic carbocycles. The number of phenolic OH excluding ortho intramolecular Hbond substituents is 1. The fourth-order valence-electron chi connectivity index (χ4n) is 6.90. The minimum atomic E-state index is -0.848. The van der Waals surface area contributed by atoms with E-state index in [1.807, 2.05) is 46.4 Å². The van der Waals surface area contributed by atoms with Crippen LogP contribution in [0.3, 0.4) is 0 Å². The number of benzene rings is 1. The normalized spacial score (nSPS) is 17.9. The molecular formula is C35H38F2N6O3. The minimum absolute atomic E-state index is 0.0784. The number of hydrogen-bond acceptors (Lipinski definition) is 7. The maximum Gasteiger partial charge on any atom is 0.282 e. The number of hydrogen-bond donors (Lipinski definition) is 1. The van der Waals surface area contributed by atoms with E-state index in [4.69, 9.17) is 0 Å². The van der Waals surface area contributed by atoms with E-state index in [1.165, 1.54) is 28.8 Å². The zero-order chi connectivity index (χ0) is 33.2. The summed E-state index contributed by atoms with van der Waals surface area (Å²) in [6, 6.07) is 6.25. The number of anilines is 2. The SMILES string of the molecule is C=CC(=O)N1CC2CN(C(C)C)c3c(c4cc(F)c(-c5c(O)cccc5F)nc4n(-c4c(C)ccnc4C(C)C)c3=O)N2CC1C. The van der Waals surface area contributed by atoms with E-state index in [-0.39, 0.29) is 41.2 Å². The molecule has 2 aliphatic heterocycles. The van der Waals surface area contributed by atoms with Crippen LogP contribution in [0.25, 0.3) is 28.0 Å². The van der Waals surface area contributed by atoms with Crippen molar-refractivity contribution in [2.75, 3.05) is 29.4 Å². The number of nitrogens with zero attached hydrogens (tertiary/aromatic N) is 6. The third-order valence-corrected chi connectivity index (χ3v) is 9.11. The van der Waals surface area contributed by atoms with Gasteiger partial charge in [-0.05, 0) is 69.5 Å². The molecule has 1 amide bonds. The maximum atomic E-state index is 16.3. The van der Waals surface area contributed by atoms with Gasteiger partial charge >= 0.3 is 0 Å². The Morgan fingerprint density at radius 3 is 2.46 bits per heavy atom. The molecule has 9 nitrogen and oxygen atoms in total. The van der Waals surface area contributed by atoms with Gasteiger partial charge in [-0.1, -0.05) is 26.5 Å². The van der Waals surface area contributed by atoms with Crippen LogP contribution in [0.1, 0.15) is 51.8 Å². The van der Waals surface area contributed by atoms with Gasteiger partial charge in [0.15, 0.2) is 11.5 Å². The van der Waals surface area contributed by atoms with Crippen molar-refractivity contribution in [3.05, 3.63) is 82.4 Å². The minimum Gasteiger partial charge on any atom is -0.507 e. The lowest BCUT2D eigenvalue weighted by Crippen LogP contribution is -2.65. The smallest absolute Gasteiger partial charge is 0.282 e. The van der Waals surface area contributed by atoms with Crippen LogP contribution in [0.4, 0.5) is 20.2 Å². The number of halogens is 2. The number of piperazine rings is 1. The Labute approximate surface area is 266 Å². The van der Waals surface area contributed by atoms with Crippen LogP contribution in [0.15, 0.2) is 54.0 Å². The molecule has 6 rings (SSSR count). The molecule has 11 heteroatoms. The first-order valence-electron chi connectivity index (χ1n) is 15.5. The molecule has 0 saturated carbocycles. The lowest BCUT2D eigenvalue weighted by Gasteiger charge is -2.52. The van der Waals surface area contributed by atoms with E-state index in [0.29, 0.717) is 47.8 Å². The largest absolute Gasteiger partial charge is 0.507 e. The van der Waals surface area contributed by atoms with Crippen molar-refractivity contribution in [2.24, 2.45) is 0 Å². The summed E-state index contributed by atoms with van der Waals surface area (Å²) in [6.45, 7) is 16.6. The van der Waals surface area contributed by atoms with Gasteiger partial charge < -0.3 is 19.8 Å². The van der Waals surface area contributed by atoms with E-state index in [1.54, 1.807) is 17.2 Å². The van der Waals surface area contributed by atoms with E-state index in [9.17, 15) is 9.90 Å². The molecule has 2 aliphatic rings. The molecule has 2 atom stereocenters. The summed E-state index contributed by atoms with van der Waals surface area (Å²) in [5.74, 6) is -2.42. The molecule has 1 aromatic carbocycles. The highest BCUT2D eigenvalue weighted by Crippen LogP contribution is 2.44. The molecule has 0 radical (unpaired) electrons. The van der Waals surface area contributed by atoms with Crippen molar-refractivity contribution in [3.63, 3.8) is 0 Å². The summed E-state index contributed by atoms with van der Waals surface area (Å²) >= 11 is 0. The van der Waals surface area contributed by atoms with Crippen molar-refractivity contribution in [2.45, 2.75) is 65.6 Å². The summed E-state index contributed by atoms with van der Waals surface area (Å²) < 4.78 is 32.9. The van der Waals surface area contributed by atoms with Crippen molar-refractivity contribution < 1.29 is 18.7 Å². The highest BCUT2D eigenvalue weighted by Gasteiger charge is 2.43. The second-order valence-corrected chi connectivity index (χ2v) is 12.8. The van der Waals surface area contributed by atoms with Crippen LogP contribution < -0.4 is 15.4 Å². The molecule has 4 aromatic rings. The van der Waals surface area contributed by atoms with Gasteiger partial charge in [0.05, 0.1) is 28.7 Å². The second kappa shape index (κ2) is 11.5. The van der Waals surface area contributed by atoms with Gasteiger partial charge in [-0.3, -0.25) is 19.1 Å². The molecule has 1 fully saturated rings. The van der Waals surface area contributed by atoms with Crippen LogP contribution in [0.5, 0.6) is 5.75 Å². The zero-order valence-corrected chi connectivity index (χ0v) is 26.9. The first kappa shape index (κ1) is 31.2. The van der Waals surface area contributed by atoms with Crippen LogP contribution >= 0.6 is 0 Å². The van der Waals surface area contributed by atoms with Gasteiger partial charge in [-0.25, -0.2) is 13.8 Å². The second-order valence-electron chi connectivity index (χ2n) is 12.8. The van der Waals surface area contributed by atoms with Gasteiger partial charge in [0.1, 0.15) is 22.9 Å². The third-order valence-electron chi connectivity index (χ3n) is 9.11. The fraction of sp³-hybridized carbons (Fsp3) is 0.371. The molecular weight excluding hydrogens is 590 g/mol. The number of amides is 1. The van der Waals surface area contributed by atoms with Gasteiger partial charge in [0.2, 0.25) is 5.91 Å². The molecule has 1 N–H and O–H groups in total. The predicted octanol–water partition coefficient (Wildman–Crippen LogP) is 5.68. The summed E-state index contributed by atoms with van der Waals surface area (Å²) in [5, 5.41) is 11.0. The Hall–Kier alpha value is -4.80. The first-order chi connectivity index (χ1) is 21.8. The lowest BCUT2D eigenvalue weighted by molar-refractivity contribution is -0.128. The molecule has 0 spiro atoms. The molecule has 5 heterocycles. The zero-order valence-electron chi connectivity index (χ0n) is 26.9.